The van der Waals surface area contributed by atoms with E-state index in [0.717, 1.165) is 24.3 Å². The number of carbonyl (C=O) groups excluding carboxylic acids is 1. The second-order valence-corrected chi connectivity index (χ2v) is 8.93. The SMILES string of the molecule is O=C(CSc1ccccc1F)NCC12CC3CC(CC(C3)C1)C2. The molecule has 0 aromatic heterocycles. The molecule has 0 aliphatic heterocycles. The summed E-state index contributed by atoms with van der Waals surface area (Å²) in [6.45, 7) is 0.827. The molecule has 0 radical (unpaired) electrons. The van der Waals surface area contributed by atoms with Crippen molar-refractivity contribution in [1.82, 2.24) is 5.32 Å². The molecule has 0 unspecified atom stereocenters. The number of halogens is 1. The molecule has 0 heterocycles. The average molecular weight is 333 g/mol. The second kappa shape index (κ2) is 6.12. The molecule has 4 bridgehead atoms. The summed E-state index contributed by atoms with van der Waals surface area (Å²) in [5.74, 6) is 2.82. The third kappa shape index (κ3) is 3.28. The number of rotatable bonds is 5. The highest BCUT2D eigenvalue weighted by Crippen LogP contribution is 2.59. The van der Waals surface area contributed by atoms with Crippen LogP contribution in [0.25, 0.3) is 0 Å². The maximum absolute atomic E-state index is 13.6. The Morgan fingerprint density at radius 1 is 1.13 bits per heavy atom. The normalized spacial score (nSPS) is 34.6. The minimum Gasteiger partial charge on any atom is -0.355 e. The number of benzene rings is 1. The lowest BCUT2D eigenvalue weighted by molar-refractivity contribution is -0.120. The summed E-state index contributed by atoms with van der Waals surface area (Å²) < 4.78 is 13.6. The lowest BCUT2D eigenvalue weighted by Crippen LogP contribution is -2.51. The van der Waals surface area contributed by atoms with Crippen molar-refractivity contribution in [2.24, 2.45) is 23.2 Å². The predicted molar refractivity (Wildman–Crippen MR) is 90.7 cm³/mol. The quantitative estimate of drug-likeness (QED) is 0.816. The van der Waals surface area contributed by atoms with Crippen LogP contribution in [0.1, 0.15) is 38.5 Å². The zero-order valence-corrected chi connectivity index (χ0v) is 14.2. The van der Waals surface area contributed by atoms with Crippen molar-refractivity contribution in [2.75, 3.05) is 12.3 Å². The van der Waals surface area contributed by atoms with Crippen LogP contribution >= 0.6 is 11.8 Å². The summed E-state index contributed by atoms with van der Waals surface area (Å²) in [4.78, 5) is 12.7. The van der Waals surface area contributed by atoms with Crippen LogP contribution in [-0.4, -0.2) is 18.2 Å². The molecule has 4 aliphatic carbocycles. The maximum atomic E-state index is 13.6. The summed E-state index contributed by atoms with van der Waals surface area (Å²) >= 11 is 1.29. The molecule has 2 nitrogen and oxygen atoms in total. The lowest BCUT2D eigenvalue weighted by Gasteiger charge is -2.56. The van der Waals surface area contributed by atoms with Gasteiger partial charge in [0.2, 0.25) is 5.91 Å². The van der Waals surface area contributed by atoms with Crippen molar-refractivity contribution >= 4 is 17.7 Å². The molecule has 0 saturated heterocycles. The van der Waals surface area contributed by atoms with Crippen LogP contribution < -0.4 is 5.32 Å². The van der Waals surface area contributed by atoms with E-state index in [2.05, 4.69) is 5.32 Å². The van der Waals surface area contributed by atoms with E-state index in [1.165, 1.54) is 56.4 Å². The number of hydrogen-bond donors (Lipinski definition) is 1. The van der Waals surface area contributed by atoms with Crippen LogP contribution in [0.5, 0.6) is 0 Å². The zero-order chi connectivity index (χ0) is 15.9. The largest absolute Gasteiger partial charge is 0.355 e. The highest BCUT2D eigenvalue weighted by Gasteiger charge is 2.50. The van der Waals surface area contributed by atoms with E-state index < -0.39 is 0 Å². The first kappa shape index (κ1) is 15.5. The highest BCUT2D eigenvalue weighted by molar-refractivity contribution is 8.00. The van der Waals surface area contributed by atoms with Gasteiger partial charge in [0.1, 0.15) is 5.82 Å². The van der Waals surface area contributed by atoms with Crippen LogP contribution in [0, 0.1) is 29.0 Å². The molecule has 1 amide bonds. The summed E-state index contributed by atoms with van der Waals surface area (Å²) in [7, 11) is 0. The molecule has 23 heavy (non-hydrogen) atoms. The van der Waals surface area contributed by atoms with Gasteiger partial charge in [-0.1, -0.05) is 12.1 Å². The first-order valence-corrected chi connectivity index (χ1v) is 9.74. The van der Waals surface area contributed by atoms with E-state index in [0.29, 0.717) is 16.1 Å². The smallest absolute Gasteiger partial charge is 0.230 e. The van der Waals surface area contributed by atoms with E-state index in [1.807, 2.05) is 0 Å². The molecule has 4 aliphatic rings. The Morgan fingerprint density at radius 2 is 1.74 bits per heavy atom. The Bertz CT molecular complexity index is 568. The number of hydrogen-bond acceptors (Lipinski definition) is 2. The van der Waals surface area contributed by atoms with Gasteiger partial charge in [0.15, 0.2) is 0 Å². The lowest BCUT2D eigenvalue weighted by atomic mass is 9.49. The molecule has 0 atom stereocenters. The van der Waals surface area contributed by atoms with Crippen LogP contribution in [-0.2, 0) is 4.79 Å². The van der Waals surface area contributed by atoms with Crippen LogP contribution in [0.2, 0.25) is 0 Å². The third-order valence-electron chi connectivity index (χ3n) is 6.02. The van der Waals surface area contributed by atoms with E-state index in [-0.39, 0.29) is 11.7 Å². The van der Waals surface area contributed by atoms with Crippen molar-refractivity contribution in [1.29, 1.82) is 0 Å². The van der Waals surface area contributed by atoms with Crippen molar-refractivity contribution in [3.8, 4) is 0 Å². The zero-order valence-electron chi connectivity index (χ0n) is 13.4. The van der Waals surface area contributed by atoms with Crippen LogP contribution in [0.4, 0.5) is 4.39 Å². The van der Waals surface area contributed by atoms with Crippen molar-refractivity contribution in [2.45, 2.75) is 43.4 Å². The number of thioether (sulfide) groups is 1. The monoisotopic (exact) mass is 333 g/mol. The molecule has 1 N–H and O–H groups in total. The molecular weight excluding hydrogens is 309 g/mol. The molecule has 124 valence electrons. The summed E-state index contributed by atoms with van der Waals surface area (Å²) in [6, 6.07) is 6.65. The number of carbonyl (C=O) groups is 1. The van der Waals surface area contributed by atoms with Gasteiger partial charge in [0.05, 0.1) is 5.75 Å². The van der Waals surface area contributed by atoms with Gasteiger partial charge in [-0.25, -0.2) is 4.39 Å². The Hall–Kier alpha value is -1.03. The molecule has 1 aromatic rings. The number of nitrogens with one attached hydrogen (secondary N) is 1. The Morgan fingerprint density at radius 3 is 2.35 bits per heavy atom. The van der Waals surface area contributed by atoms with Crippen molar-refractivity contribution in [3.63, 3.8) is 0 Å². The Balaban J connectivity index is 1.29. The van der Waals surface area contributed by atoms with Gasteiger partial charge in [-0.3, -0.25) is 4.79 Å². The minimum atomic E-state index is -0.244. The van der Waals surface area contributed by atoms with Gasteiger partial charge in [-0.15, -0.1) is 11.8 Å². The molecule has 5 rings (SSSR count). The first-order chi connectivity index (χ1) is 11.1. The Labute approximate surface area is 141 Å². The minimum absolute atomic E-state index is 0.0361. The molecule has 4 fully saturated rings. The topological polar surface area (TPSA) is 29.1 Å². The fourth-order valence-electron chi connectivity index (χ4n) is 5.55. The maximum Gasteiger partial charge on any atom is 0.230 e. The molecular formula is C19H24FNOS. The van der Waals surface area contributed by atoms with E-state index in [9.17, 15) is 9.18 Å². The van der Waals surface area contributed by atoms with Crippen LogP contribution in [0.3, 0.4) is 0 Å². The average Bonchev–Trinajstić information content (AvgIpc) is 2.51. The predicted octanol–water partition coefficient (Wildman–Crippen LogP) is 4.25. The van der Waals surface area contributed by atoms with Crippen molar-refractivity contribution in [3.05, 3.63) is 30.1 Å². The second-order valence-electron chi connectivity index (χ2n) is 7.91. The molecule has 0 spiro atoms. The third-order valence-corrected chi connectivity index (χ3v) is 7.07. The standard InChI is InChI=1S/C19H24FNOS/c20-16-3-1-2-4-17(16)23-11-18(22)21-12-19-8-13-5-14(9-19)7-15(6-13)10-19/h1-4,13-15H,5-12H2,(H,21,22). The molecule has 4 heteroatoms. The van der Waals surface area contributed by atoms with Gasteiger partial charge in [0.25, 0.3) is 0 Å². The summed E-state index contributed by atoms with van der Waals surface area (Å²) in [6.07, 6.45) is 8.20. The summed E-state index contributed by atoms with van der Waals surface area (Å²) in [5.41, 5.74) is 0.368. The van der Waals surface area contributed by atoms with Gasteiger partial charge in [-0.2, -0.15) is 0 Å². The summed E-state index contributed by atoms with van der Waals surface area (Å²) in [5, 5.41) is 3.15. The van der Waals surface area contributed by atoms with Gasteiger partial charge in [-0.05, 0) is 73.8 Å². The fraction of sp³-hybridized carbons (Fsp3) is 0.632. The van der Waals surface area contributed by atoms with E-state index in [1.54, 1.807) is 18.2 Å². The van der Waals surface area contributed by atoms with E-state index in [4.69, 9.17) is 0 Å². The first-order valence-electron chi connectivity index (χ1n) is 8.76. The highest BCUT2D eigenvalue weighted by atomic mass is 32.2. The Kier molecular flexibility index (Phi) is 4.12. The van der Waals surface area contributed by atoms with Crippen LogP contribution in [0.15, 0.2) is 29.2 Å². The van der Waals surface area contributed by atoms with Gasteiger partial charge >= 0.3 is 0 Å². The fourth-order valence-corrected chi connectivity index (χ4v) is 6.32. The van der Waals surface area contributed by atoms with Gasteiger partial charge < -0.3 is 5.32 Å². The van der Waals surface area contributed by atoms with E-state index >= 15 is 0 Å². The van der Waals surface area contributed by atoms with Crippen molar-refractivity contribution < 1.29 is 9.18 Å². The molecule has 4 saturated carbocycles. The number of amides is 1. The molecule has 1 aromatic carbocycles. The van der Waals surface area contributed by atoms with Gasteiger partial charge in [0, 0.05) is 11.4 Å².